The summed E-state index contributed by atoms with van der Waals surface area (Å²) in [6.07, 6.45) is -4.72. The Morgan fingerprint density at radius 3 is 2.56 bits per heavy atom. The van der Waals surface area contributed by atoms with E-state index in [1.165, 1.54) is 4.57 Å². The van der Waals surface area contributed by atoms with Gasteiger partial charge in [-0.3, -0.25) is 9.78 Å². The first-order chi connectivity index (χ1) is 12.7. The SMILES string of the molecule is Cc1cc2nc3c(=O)[nH]c(=O)nc-3n(C[C@H](O)[C@H](O)[C@H](O)CO)c2cc1Br. The predicted octanol–water partition coefficient (Wildman–Crippen LogP) is -1.27. The van der Waals surface area contributed by atoms with Crippen LogP contribution in [0.1, 0.15) is 5.56 Å². The lowest BCUT2D eigenvalue weighted by Gasteiger charge is -2.25. The summed E-state index contributed by atoms with van der Waals surface area (Å²) in [7, 11) is 0. The average molecular weight is 441 g/mol. The summed E-state index contributed by atoms with van der Waals surface area (Å²) in [6, 6.07) is 3.40. The fraction of sp³-hybridized carbons (Fsp3) is 0.375. The molecular weight excluding hydrogens is 424 g/mol. The maximum Gasteiger partial charge on any atom is 0.349 e. The first-order valence-corrected chi connectivity index (χ1v) is 8.78. The fourth-order valence-corrected chi connectivity index (χ4v) is 3.10. The molecule has 2 heterocycles. The molecule has 2 aliphatic rings. The zero-order valence-electron chi connectivity index (χ0n) is 14.1. The minimum absolute atomic E-state index is 0.0725. The lowest BCUT2D eigenvalue weighted by molar-refractivity contribution is -0.0802. The third kappa shape index (κ3) is 3.64. The second kappa shape index (κ2) is 7.44. The van der Waals surface area contributed by atoms with Gasteiger partial charge in [-0.25, -0.2) is 9.78 Å². The van der Waals surface area contributed by atoms with E-state index in [0.717, 1.165) is 10.0 Å². The summed E-state index contributed by atoms with van der Waals surface area (Å²) < 4.78 is 2.10. The van der Waals surface area contributed by atoms with E-state index in [4.69, 9.17) is 5.11 Å². The summed E-state index contributed by atoms with van der Waals surface area (Å²) in [5.74, 6) is -0.0725. The van der Waals surface area contributed by atoms with Crippen LogP contribution in [0, 0.1) is 6.92 Å². The second-order valence-corrected chi connectivity index (χ2v) is 7.02. The number of aliphatic hydroxyl groups excluding tert-OH is 4. The molecule has 0 unspecified atom stereocenters. The molecule has 144 valence electrons. The third-order valence-electron chi connectivity index (χ3n) is 4.23. The van der Waals surface area contributed by atoms with E-state index >= 15 is 0 Å². The van der Waals surface area contributed by atoms with Gasteiger partial charge in [0.05, 0.1) is 24.2 Å². The number of nitrogens with one attached hydrogen (secondary N) is 1. The molecule has 27 heavy (non-hydrogen) atoms. The number of aromatic nitrogens is 4. The number of aliphatic hydroxyl groups is 4. The van der Waals surface area contributed by atoms with Gasteiger partial charge in [-0.1, -0.05) is 15.9 Å². The molecule has 2 aliphatic heterocycles. The molecule has 0 aromatic heterocycles. The van der Waals surface area contributed by atoms with Crippen molar-refractivity contribution in [1.29, 1.82) is 0 Å². The van der Waals surface area contributed by atoms with Crippen LogP contribution in [-0.2, 0) is 6.54 Å². The molecule has 5 N–H and O–H groups in total. The number of benzene rings is 1. The van der Waals surface area contributed by atoms with Crippen LogP contribution in [0.25, 0.3) is 22.6 Å². The topological polar surface area (TPSA) is 162 Å². The lowest BCUT2D eigenvalue weighted by atomic mass is 10.1. The Balaban J connectivity index is 2.28. The molecular formula is C16H17BrN4O6. The lowest BCUT2D eigenvalue weighted by Crippen LogP contribution is -2.42. The molecule has 1 aromatic carbocycles. The minimum Gasteiger partial charge on any atom is -0.394 e. The third-order valence-corrected chi connectivity index (χ3v) is 5.09. The van der Waals surface area contributed by atoms with Crippen molar-refractivity contribution in [2.75, 3.05) is 6.61 Å². The van der Waals surface area contributed by atoms with Gasteiger partial charge < -0.3 is 25.0 Å². The number of fused-ring (bicyclic) bond motifs is 2. The quantitative estimate of drug-likeness (QED) is 0.306. The van der Waals surface area contributed by atoms with Crippen molar-refractivity contribution in [3.8, 4) is 11.5 Å². The van der Waals surface area contributed by atoms with Gasteiger partial charge in [0, 0.05) is 4.47 Å². The molecule has 3 atom stereocenters. The standard InChI is InChI=1S/C16H17BrN4O6/c1-6-2-8-9(3-7(6)17)21(4-10(23)13(25)11(24)5-22)14-12(18-8)15(26)20-16(27)19-14/h2-3,10-11,13,22-25H,4-5H2,1H3,(H,20,26,27)/t10-,11+,13-/m0/s1. The molecule has 0 saturated heterocycles. The van der Waals surface area contributed by atoms with Crippen LogP contribution >= 0.6 is 15.9 Å². The molecule has 10 nitrogen and oxygen atoms in total. The Morgan fingerprint density at radius 1 is 1.19 bits per heavy atom. The zero-order chi connectivity index (χ0) is 19.9. The van der Waals surface area contributed by atoms with Crippen LogP contribution in [0.15, 0.2) is 26.2 Å². The van der Waals surface area contributed by atoms with E-state index in [9.17, 15) is 24.9 Å². The molecule has 3 rings (SSSR count). The molecule has 0 fully saturated rings. The Morgan fingerprint density at radius 2 is 1.89 bits per heavy atom. The molecule has 0 aliphatic carbocycles. The van der Waals surface area contributed by atoms with Crippen molar-refractivity contribution in [3.05, 3.63) is 43.0 Å². The monoisotopic (exact) mass is 440 g/mol. The first kappa shape index (κ1) is 19.6. The second-order valence-electron chi connectivity index (χ2n) is 6.16. The largest absolute Gasteiger partial charge is 0.394 e. The van der Waals surface area contributed by atoms with Crippen LogP contribution in [0.2, 0.25) is 0 Å². The highest BCUT2D eigenvalue weighted by molar-refractivity contribution is 9.10. The highest BCUT2D eigenvalue weighted by atomic mass is 79.9. The molecule has 11 heteroatoms. The van der Waals surface area contributed by atoms with Gasteiger partial charge in [0.25, 0.3) is 5.56 Å². The van der Waals surface area contributed by atoms with E-state index in [2.05, 4.69) is 25.9 Å². The van der Waals surface area contributed by atoms with Gasteiger partial charge in [-0.05, 0) is 24.6 Å². The number of H-pyrrole nitrogens is 1. The normalized spacial score (nSPS) is 15.2. The summed E-state index contributed by atoms with van der Waals surface area (Å²) in [4.78, 5) is 33.9. The van der Waals surface area contributed by atoms with Crippen molar-refractivity contribution in [3.63, 3.8) is 0 Å². The summed E-state index contributed by atoms with van der Waals surface area (Å²) >= 11 is 3.40. The molecule has 0 bridgehead atoms. The molecule has 0 radical (unpaired) electrons. The van der Waals surface area contributed by atoms with Crippen LogP contribution < -0.4 is 11.2 Å². The summed E-state index contributed by atoms with van der Waals surface area (Å²) in [6.45, 7) is 0.784. The van der Waals surface area contributed by atoms with E-state index in [-0.39, 0.29) is 18.1 Å². The van der Waals surface area contributed by atoms with Crippen LogP contribution in [-0.4, -0.2) is 64.9 Å². The predicted molar refractivity (Wildman–Crippen MR) is 98.6 cm³/mol. The zero-order valence-corrected chi connectivity index (χ0v) is 15.7. The number of nitrogens with zero attached hydrogens (tertiary/aromatic N) is 3. The first-order valence-electron chi connectivity index (χ1n) is 7.98. The Bertz CT molecular complexity index is 1080. The minimum atomic E-state index is -1.65. The van der Waals surface area contributed by atoms with Crippen molar-refractivity contribution in [2.24, 2.45) is 0 Å². The molecule has 0 saturated carbocycles. The number of hydrogen-bond donors (Lipinski definition) is 5. The fourth-order valence-electron chi connectivity index (χ4n) is 2.76. The van der Waals surface area contributed by atoms with Gasteiger partial charge in [0.2, 0.25) is 0 Å². The van der Waals surface area contributed by atoms with Gasteiger partial charge in [-0.15, -0.1) is 0 Å². The number of halogens is 1. The number of aromatic amines is 1. The highest BCUT2D eigenvalue weighted by Crippen LogP contribution is 2.27. The molecule has 0 spiro atoms. The highest BCUT2D eigenvalue weighted by Gasteiger charge is 2.27. The van der Waals surface area contributed by atoms with Crippen molar-refractivity contribution in [2.45, 2.75) is 31.8 Å². The van der Waals surface area contributed by atoms with E-state index < -0.39 is 36.2 Å². The van der Waals surface area contributed by atoms with Crippen LogP contribution in [0.5, 0.6) is 0 Å². The van der Waals surface area contributed by atoms with Crippen LogP contribution in [0.4, 0.5) is 0 Å². The van der Waals surface area contributed by atoms with E-state index in [1.54, 1.807) is 12.1 Å². The Hall–Kier alpha value is -2.18. The smallest absolute Gasteiger partial charge is 0.349 e. The number of rotatable bonds is 5. The van der Waals surface area contributed by atoms with Gasteiger partial charge >= 0.3 is 5.69 Å². The van der Waals surface area contributed by atoms with Crippen LogP contribution in [0.3, 0.4) is 0 Å². The Kier molecular flexibility index (Phi) is 5.40. The van der Waals surface area contributed by atoms with Crippen molar-refractivity contribution in [1.82, 2.24) is 19.5 Å². The molecule has 0 amide bonds. The van der Waals surface area contributed by atoms with Gasteiger partial charge in [0.15, 0.2) is 11.5 Å². The molecule has 1 aromatic rings. The van der Waals surface area contributed by atoms with E-state index in [0.29, 0.717) is 11.0 Å². The summed E-state index contributed by atoms with van der Waals surface area (Å²) in [5, 5.41) is 38.8. The summed E-state index contributed by atoms with van der Waals surface area (Å²) in [5.41, 5.74) is 0.00154. The van der Waals surface area contributed by atoms with Crippen molar-refractivity contribution < 1.29 is 20.4 Å². The average Bonchev–Trinajstić information content (AvgIpc) is 2.62. The van der Waals surface area contributed by atoms with E-state index in [1.807, 2.05) is 11.9 Å². The number of aryl methyl sites for hydroxylation is 1. The van der Waals surface area contributed by atoms with Gasteiger partial charge in [0.1, 0.15) is 18.3 Å². The Labute approximate surface area is 160 Å². The number of hydrogen-bond acceptors (Lipinski definition) is 8. The maximum absolute atomic E-state index is 12.2. The maximum atomic E-state index is 12.2. The van der Waals surface area contributed by atoms with Gasteiger partial charge in [-0.2, -0.15) is 4.98 Å². The van der Waals surface area contributed by atoms with Crippen molar-refractivity contribution >= 4 is 27.0 Å².